The van der Waals surface area contributed by atoms with Crippen molar-refractivity contribution in [2.75, 3.05) is 6.54 Å². The van der Waals surface area contributed by atoms with Gasteiger partial charge in [-0.3, -0.25) is 14.5 Å². The molecule has 1 atom stereocenters. The van der Waals surface area contributed by atoms with Gasteiger partial charge in [0.2, 0.25) is 5.91 Å². The van der Waals surface area contributed by atoms with Crippen LogP contribution >= 0.6 is 0 Å². The Morgan fingerprint density at radius 2 is 1.90 bits per heavy atom. The van der Waals surface area contributed by atoms with Crippen LogP contribution in [0.5, 0.6) is 0 Å². The molecule has 1 heterocycles. The maximum absolute atomic E-state index is 13.4. The van der Waals surface area contributed by atoms with Gasteiger partial charge in [0.25, 0.3) is 5.91 Å². The van der Waals surface area contributed by atoms with E-state index in [0.717, 1.165) is 30.6 Å². The average Bonchev–Trinajstić information content (AvgIpc) is 2.98. The number of unbranched alkanes of at least 4 members (excludes halogenated alkanes) is 1. The Bertz CT molecular complexity index is 858. The molecular weight excluding hydrogens is 387 g/mol. The number of halogens is 1. The zero-order valence-corrected chi connectivity index (χ0v) is 17.2. The van der Waals surface area contributed by atoms with Crippen LogP contribution in [0.3, 0.4) is 0 Å². The molecule has 1 saturated heterocycles. The quantitative estimate of drug-likeness (QED) is 0.669. The molecule has 2 aliphatic rings. The van der Waals surface area contributed by atoms with Crippen LogP contribution in [0.15, 0.2) is 24.3 Å². The van der Waals surface area contributed by atoms with Gasteiger partial charge in [-0.05, 0) is 37.0 Å². The monoisotopic (exact) mass is 414 g/mol. The third-order valence-corrected chi connectivity index (χ3v) is 6.02. The Morgan fingerprint density at radius 1 is 1.23 bits per heavy atom. The summed E-state index contributed by atoms with van der Waals surface area (Å²) in [5, 5.41) is 15.0. The normalized spacial score (nSPS) is 23.0. The van der Waals surface area contributed by atoms with Crippen LogP contribution in [0.25, 0.3) is 0 Å². The fourth-order valence-electron chi connectivity index (χ4n) is 4.33. The van der Waals surface area contributed by atoms with E-state index in [1.807, 2.05) is 6.92 Å². The predicted octanol–water partition coefficient (Wildman–Crippen LogP) is 3.11. The summed E-state index contributed by atoms with van der Waals surface area (Å²) in [5.74, 6) is -1.50. The fourth-order valence-corrected chi connectivity index (χ4v) is 4.33. The van der Waals surface area contributed by atoms with Gasteiger partial charge in [-0.1, -0.05) is 51.2 Å². The van der Waals surface area contributed by atoms with Crippen molar-refractivity contribution >= 4 is 17.8 Å². The van der Waals surface area contributed by atoms with Crippen LogP contribution < -0.4 is 10.6 Å². The van der Waals surface area contributed by atoms with E-state index in [-0.39, 0.29) is 0 Å². The Hall–Kier alpha value is -2.95. The van der Waals surface area contributed by atoms with Gasteiger partial charge in [0.15, 0.2) is 0 Å². The number of carbonyl (C=O) groups excluding carboxylic acids is 3. The molecule has 7 nitrogen and oxygen atoms in total. The standard InChI is InChI=1S/C22H27FN4O3/c1-2-3-13-22(16-7-9-17(23)10-8-16)19(29)27(20(30)26-22)14-18(28)25-21(15-24)11-5-4-6-12-21/h7-10H,2-6,11-14H2,1H3,(H,25,28)(H,26,30)/t22-/m1/s1. The number of hydrogen-bond donors (Lipinski definition) is 2. The van der Waals surface area contributed by atoms with Crippen LogP contribution in [0.1, 0.15) is 63.9 Å². The van der Waals surface area contributed by atoms with Crippen LogP contribution in [0, 0.1) is 17.1 Å². The maximum Gasteiger partial charge on any atom is 0.325 e. The minimum absolute atomic E-state index is 0.347. The minimum Gasteiger partial charge on any atom is -0.336 e. The summed E-state index contributed by atoms with van der Waals surface area (Å²) in [6.45, 7) is 1.51. The molecule has 0 radical (unpaired) electrons. The molecule has 1 saturated carbocycles. The molecule has 1 aromatic rings. The van der Waals surface area contributed by atoms with Gasteiger partial charge in [0.05, 0.1) is 6.07 Å². The second kappa shape index (κ2) is 8.82. The summed E-state index contributed by atoms with van der Waals surface area (Å²) in [7, 11) is 0. The van der Waals surface area contributed by atoms with E-state index in [9.17, 15) is 24.0 Å². The van der Waals surface area contributed by atoms with Crippen molar-refractivity contribution in [2.45, 2.75) is 69.4 Å². The largest absolute Gasteiger partial charge is 0.336 e. The third-order valence-electron chi connectivity index (χ3n) is 6.02. The number of benzene rings is 1. The highest BCUT2D eigenvalue weighted by atomic mass is 19.1. The lowest BCUT2D eigenvalue weighted by Gasteiger charge is -2.32. The van der Waals surface area contributed by atoms with Crippen molar-refractivity contribution in [1.29, 1.82) is 5.26 Å². The first kappa shape index (κ1) is 21.8. The summed E-state index contributed by atoms with van der Waals surface area (Å²) in [5.41, 5.74) is -1.77. The molecule has 1 aromatic carbocycles. The third kappa shape index (κ3) is 4.16. The topological polar surface area (TPSA) is 102 Å². The van der Waals surface area contributed by atoms with Gasteiger partial charge in [0, 0.05) is 0 Å². The zero-order valence-electron chi connectivity index (χ0n) is 17.2. The number of imide groups is 1. The summed E-state index contributed by atoms with van der Waals surface area (Å²) in [6.07, 6.45) is 5.66. The van der Waals surface area contributed by atoms with Crippen molar-refractivity contribution in [3.05, 3.63) is 35.6 Å². The lowest BCUT2D eigenvalue weighted by atomic mass is 9.83. The number of rotatable bonds is 7. The number of nitriles is 1. The summed E-state index contributed by atoms with van der Waals surface area (Å²) < 4.78 is 13.4. The highest BCUT2D eigenvalue weighted by Gasteiger charge is 2.52. The number of hydrogen-bond acceptors (Lipinski definition) is 4. The van der Waals surface area contributed by atoms with Crippen LogP contribution in [0.4, 0.5) is 9.18 Å². The molecule has 4 amide bonds. The van der Waals surface area contributed by atoms with E-state index in [2.05, 4.69) is 16.7 Å². The van der Waals surface area contributed by atoms with E-state index in [4.69, 9.17) is 0 Å². The molecule has 0 aromatic heterocycles. The first-order valence-electron chi connectivity index (χ1n) is 10.5. The van der Waals surface area contributed by atoms with Crippen molar-refractivity contribution in [2.24, 2.45) is 0 Å². The van der Waals surface area contributed by atoms with Gasteiger partial charge in [-0.25, -0.2) is 9.18 Å². The Kier molecular flexibility index (Phi) is 6.40. The van der Waals surface area contributed by atoms with E-state index >= 15 is 0 Å². The minimum atomic E-state index is -1.32. The molecule has 0 spiro atoms. The molecule has 2 N–H and O–H groups in total. The second-order valence-corrected chi connectivity index (χ2v) is 8.14. The van der Waals surface area contributed by atoms with Gasteiger partial charge < -0.3 is 10.6 Å². The van der Waals surface area contributed by atoms with E-state index in [0.29, 0.717) is 31.2 Å². The lowest BCUT2D eigenvalue weighted by Crippen LogP contribution is -2.52. The fraction of sp³-hybridized carbons (Fsp3) is 0.545. The smallest absolute Gasteiger partial charge is 0.325 e. The lowest BCUT2D eigenvalue weighted by molar-refractivity contribution is -0.136. The molecule has 160 valence electrons. The Morgan fingerprint density at radius 3 is 2.50 bits per heavy atom. The van der Waals surface area contributed by atoms with Crippen LogP contribution in [-0.4, -0.2) is 34.8 Å². The van der Waals surface area contributed by atoms with Crippen molar-refractivity contribution in [1.82, 2.24) is 15.5 Å². The first-order valence-corrected chi connectivity index (χ1v) is 10.5. The molecule has 30 heavy (non-hydrogen) atoms. The van der Waals surface area contributed by atoms with Gasteiger partial charge in [0.1, 0.15) is 23.4 Å². The van der Waals surface area contributed by atoms with E-state index < -0.39 is 41.3 Å². The number of amides is 4. The molecule has 1 aliphatic carbocycles. The van der Waals surface area contributed by atoms with Crippen LogP contribution in [-0.2, 0) is 15.1 Å². The van der Waals surface area contributed by atoms with Crippen LogP contribution in [0.2, 0.25) is 0 Å². The predicted molar refractivity (Wildman–Crippen MR) is 107 cm³/mol. The molecular formula is C22H27FN4O3. The first-order chi connectivity index (χ1) is 14.4. The number of nitrogens with one attached hydrogen (secondary N) is 2. The van der Waals surface area contributed by atoms with Crippen molar-refractivity contribution in [3.8, 4) is 6.07 Å². The Balaban J connectivity index is 1.80. The van der Waals surface area contributed by atoms with Gasteiger partial charge in [-0.15, -0.1) is 0 Å². The van der Waals surface area contributed by atoms with Gasteiger partial charge in [-0.2, -0.15) is 5.26 Å². The van der Waals surface area contributed by atoms with Crippen molar-refractivity contribution in [3.63, 3.8) is 0 Å². The van der Waals surface area contributed by atoms with Crippen molar-refractivity contribution < 1.29 is 18.8 Å². The molecule has 3 rings (SSSR count). The summed E-state index contributed by atoms with van der Waals surface area (Å²) >= 11 is 0. The molecule has 1 aliphatic heterocycles. The van der Waals surface area contributed by atoms with E-state index in [1.54, 1.807) is 0 Å². The Labute approximate surface area is 175 Å². The summed E-state index contributed by atoms with van der Waals surface area (Å²) in [6, 6.07) is 7.00. The summed E-state index contributed by atoms with van der Waals surface area (Å²) in [4.78, 5) is 39.5. The zero-order chi connectivity index (χ0) is 21.8. The molecule has 0 unspecified atom stereocenters. The van der Waals surface area contributed by atoms with E-state index in [1.165, 1.54) is 24.3 Å². The highest BCUT2D eigenvalue weighted by molar-refractivity contribution is 6.09. The molecule has 2 fully saturated rings. The highest BCUT2D eigenvalue weighted by Crippen LogP contribution is 2.34. The average molecular weight is 414 g/mol. The maximum atomic E-state index is 13.4. The number of urea groups is 1. The SMILES string of the molecule is CCCC[C@]1(c2ccc(F)cc2)NC(=O)N(CC(=O)NC2(C#N)CCCCC2)C1=O. The number of nitrogens with zero attached hydrogens (tertiary/aromatic N) is 2. The molecule has 0 bridgehead atoms. The number of carbonyl (C=O) groups is 3. The molecule has 8 heteroatoms. The van der Waals surface area contributed by atoms with Gasteiger partial charge >= 0.3 is 6.03 Å². The second-order valence-electron chi connectivity index (χ2n) is 8.14.